The van der Waals surface area contributed by atoms with Gasteiger partial charge in [-0.25, -0.2) is 4.98 Å². The molecule has 2 rings (SSSR count). The van der Waals surface area contributed by atoms with E-state index in [1.807, 2.05) is 16.8 Å². The number of anilines is 1. The van der Waals surface area contributed by atoms with Crippen LogP contribution in [-0.4, -0.2) is 29.6 Å². The van der Waals surface area contributed by atoms with Crippen molar-refractivity contribution >= 4 is 34.7 Å². The van der Waals surface area contributed by atoms with Gasteiger partial charge >= 0.3 is 0 Å². The SMILES string of the molecule is CNc1cc(C(=O)NCC(C)(O)c2ccsc2)cc(Cl)n1. The van der Waals surface area contributed by atoms with Gasteiger partial charge in [0.15, 0.2) is 0 Å². The molecule has 1 atom stereocenters. The molecule has 2 aromatic rings. The number of hydrogen-bond donors (Lipinski definition) is 3. The molecule has 0 saturated heterocycles. The lowest BCUT2D eigenvalue weighted by atomic mass is 9.99. The number of aliphatic hydroxyl groups is 1. The zero-order valence-corrected chi connectivity index (χ0v) is 13.3. The van der Waals surface area contributed by atoms with Crippen molar-refractivity contribution in [2.24, 2.45) is 0 Å². The van der Waals surface area contributed by atoms with Gasteiger partial charge in [0.1, 0.15) is 16.6 Å². The molecule has 0 radical (unpaired) electrons. The third-order valence-corrected chi connectivity index (χ3v) is 3.93. The van der Waals surface area contributed by atoms with Gasteiger partial charge < -0.3 is 15.7 Å². The van der Waals surface area contributed by atoms with Crippen molar-refractivity contribution < 1.29 is 9.90 Å². The molecule has 7 heteroatoms. The Hall–Kier alpha value is -1.63. The Morgan fingerprint density at radius 3 is 2.90 bits per heavy atom. The molecule has 0 aromatic carbocycles. The van der Waals surface area contributed by atoms with Crippen molar-refractivity contribution in [2.45, 2.75) is 12.5 Å². The zero-order valence-electron chi connectivity index (χ0n) is 11.7. The van der Waals surface area contributed by atoms with Crippen LogP contribution in [0.1, 0.15) is 22.8 Å². The van der Waals surface area contributed by atoms with Crippen LogP contribution in [-0.2, 0) is 5.60 Å². The molecule has 2 aromatic heterocycles. The van der Waals surface area contributed by atoms with Crippen molar-refractivity contribution in [1.29, 1.82) is 0 Å². The van der Waals surface area contributed by atoms with Gasteiger partial charge in [-0.15, -0.1) is 0 Å². The van der Waals surface area contributed by atoms with E-state index >= 15 is 0 Å². The Bertz CT molecular complexity index is 629. The molecule has 1 unspecified atom stereocenters. The minimum absolute atomic E-state index is 0.109. The van der Waals surface area contributed by atoms with Crippen LogP contribution in [0, 0.1) is 0 Å². The van der Waals surface area contributed by atoms with E-state index in [0.717, 1.165) is 5.56 Å². The Balaban J connectivity index is 2.07. The predicted octanol–water partition coefficient (Wildman–Crippen LogP) is 2.48. The van der Waals surface area contributed by atoms with Crippen LogP contribution < -0.4 is 10.6 Å². The highest BCUT2D eigenvalue weighted by Gasteiger charge is 2.24. The number of nitrogens with zero attached hydrogens (tertiary/aromatic N) is 1. The van der Waals surface area contributed by atoms with Gasteiger partial charge in [0, 0.05) is 12.6 Å². The topological polar surface area (TPSA) is 74.2 Å². The normalized spacial score (nSPS) is 13.5. The third kappa shape index (κ3) is 3.93. The molecule has 0 fully saturated rings. The first-order chi connectivity index (χ1) is 9.92. The van der Waals surface area contributed by atoms with Gasteiger partial charge in [0.05, 0.1) is 6.54 Å². The van der Waals surface area contributed by atoms with Crippen LogP contribution in [0.5, 0.6) is 0 Å². The first-order valence-electron chi connectivity index (χ1n) is 6.31. The van der Waals surface area contributed by atoms with Crippen molar-refractivity contribution in [2.75, 3.05) is 18.9 Å². The van der Waals surface area contributed by atoms with Crippen LogP contribution in [0.25, 0.3) is 0 Å². The molecule has 2 heterocycles. The summed E-state index contributed by atoms with van der Waals surface area (Å²) in [6, 6.07) is 4.91. The van der Waals surface area contributed by atoms with E-state index in [1.165, 1.54) is 17.4 Å². The molecule has 0 aliphatic carbocycles. The summed E-state index contributed by atoms with van der Waals surface area (Å²) in [5.74, 6) is 0.198. The number of rotatable bonds is 5. The summed E-state index contributed by atoms with van der Waals surface area (Å²) in [5, 5.41) is 19.9. The van der Waals surface area contributed by atoms with E-state index in [0.29, 0.717) is 11.4 Å². The van der Waals surface area contributed by atoms with Crippen LogP contribution in [0.4, 0.5) is 5.82 Å². The number of carbonyl (C=O) groups excluding carboxylic acids is 1. The lowest BCUT2D eigenvalue weighted by molar-refractivity contribution is 0.0530. The van der Waals surface area contributed by atoms with E-state index < -0.39 is 5.60 Å². The summed E-state index contributed by atoms with van der Waals surface area (Å²) in [4.78, 5) is 16.2. The van der Waals surface area contributed by atoms with E-state index in [9.17, 15) is 9.90 Å². The van der Waals surface area contributed by atoms with Gasteiger partial charge in [-0.05, 0) is 41.4 Å². The molecule has 0 aliphatic rings. The predicted molar refractivity (Wildman–Crippen MR) is 85.0 cm³/mol. The van der Waals surface area contributed by atoms with E-state index in [4.69, 9.17) is 11.6 Å². The largest absolute Gasteiger partial charge is 0.384 e. The number of halogens is 1. The van der Waals surface area contributed by atoms with Crippen LogP contribution in [0.15, 0.2) is 29.0 Å². The van der Waals surface area contributed by atoms with Crippen molar-refractivity contribution in [3.05, 3.63) is 45.2 Å². The van der Waals surface area contributed by atoms with Gasteiger partial charge in [-0.2, -0.15) is 11.3 Å². The monoisotopic (exact) mass is 325 g/mol. The fraction of sp³-hybridized carbons (Fsp3) is 0.286. The van der Waals surface area contributed by atoms with Gasteiger partial charge in [-0.1, -0.05) is 11.6 Å². The Morgan fingerprint density at radius 1 is 1.52 bits per heavy atom. The van der Waals surface area contributed by atoms with Crippen molar-refractivity contribution in [3.8, 4) is 0 Å². The second-order valence-corrected chi connectivity index (χ2v) is 5.95. The lowest BCUT2D eigenvalue weighted by Crippen LogP contribution is -2.38. The highest BCUT2D eigenvalue weighted by Crippen LogP contribution is 2.22. The number of carbonyl (C=O) groups is 1. The van der Waals surface area contributed by atoms with E-state index in [-0.39, 0.29) is 17.6 Å². The second kappa shape index (κ2) is 6.43. The maximum absolute atomic E-state index is 12.1. The molecule has 0 saturated carbocycles. The molecule has 3 N–H and O–H groups in total. The average molecular weight is 326 g/mol. The molecule has 112 valence electrons. The third-order valence-electron chi connectivity index (χ3n) is 3.05. The first kappa shape index (κ1) is 15.8. The van der Waals surface area contributed by atoms with Crippen molar-refractivity contribution in [1.82, 2.24) is 10.3 Å². The summed E-state index contributed by atoms with van der Waals surface area (Å²) in [6.45, 7) is 1.77. The summed E-state index contributed by atoms with van der Waals surface area (Å²) < 4.78 is 0. The molecular formula is C14H16ClN3O2S. The quantitative estimate of drug-likeness (QED) is 0.738. The zero-order chi connectivity index (χ0) is 15.5. The fourth-order valence-electron chi connectivity index (χ4n) is 1.78. The molecule has 1 amide bonds. The van der Waals surface area contributed by atoms with Crippen molar-refractivity contribution in [3.63, 3.8) is 0 Å². The Morgan fingerprint density at radius 2 is 2.29 bits per heavy atom. The average Bonchev–Trinajstić information content (AvgIpc) is 2.99. The second-order valence-electron chi connectivity index (χ2n) is 4.78. The number of nitrogens with one attached hydrogen (secondary N) is 2. The van der Waals surface area contributed by atoms with Gasteiger partial charge in [0.25, 0.3) is 5.91 Å². The Labute approximate surface area is 132 Å². The summed E-state index contributed by atoms with van der Waals surface area (Å²) >= 11 is 7.36. The van der Waals surface area contributed by atoms with Crippen LogP contribution >= 0.6 is 22.9 Å². The minimum atomic E-state index is -1.11. The number of pyridine rings is 1. The number of hydrogen-bond acceptors (Lipinski definition) is 5. The smallest absolute Gasteiger partial charge is 0.251 e. The van der Waals surface area contributed by atoms with Gasteiger partial charge in [-0.3, -0.25) is 4.79 Å². The molecular weight excluding hydrogens is 310 g/mol. The summed E-state index contributed by atoms with van der Waals surface area (Å²) in [5.41, 5.74) is 0.0511. The highest BCUT2D eigenvalue weighted by molar-refractivity contribution is 7.08. The van der Waals surface area contributed by atoms with Crippen LogP contribution in [0.2, 0.25) is 5.15 Å². The van der Waals surface area contributed by atoms with E-state index in [1.54, 1.807) is 20.0 Å². The maximum atomic E-state index is 12.1. The van der Waals surface area contributed by atoms with E-state index in [2.05, 4.69) is 15.6 Å². The molecule has 0 spiro atoms. The number of aromatic nitrogens is 1. The summed E-state index contributed by atoms with van der Waals surface area (Å²) in [6.07, 6.45) is 0. The standard InChI is InChI=1S/C14H16ClN3O2S/c1-14(20,10-3-4-21-7-10)8-17-13(19)9-5-11(15)18-12(6-9)16-2/h3-7,20H,8H2,1-2H3,(H,16,18)(H,17,19). The minimum Gasteiger partial charge on any atom is -0.384 e. The summed E-state index contributed by atoms with van der Waals surface area (Å²) in [7, 11) is 1.70. The Kier molecular flexibility index (Phi) is 4.82. The number of amides is 1. The molecule has 0 aliphatic heterocycles. The fourth-order valence-corrected chi connectivity index (χ4v) is 2.77. The number of thiophene rings is 1. The lowest BCUT2D eigenvalue weighted by Gasteiger charge is -2.22. The van der Waals surface area contributed by atoms with Gasteiger partial charge in [0.2, 0.25) is 0 Å². The maximum Gasteiger partial charge on any atom is 0.251 e. The molecule has 21 heavy (non-hydrogen) atoms. The first-order valence-corrected chi connectivity index (χ1v) is 7.63. The molecule has 0 bridgehead atoms. The highest BCUT2D eigenvalue weighted by atomic mass is 35.5. The molecule has 5 nitrogen and oxygen atoms in total. The van der Waals surface area contributed by atoms with Crippen LogP contribution in [0.3, 0.4) is 0 Å².